The maximum Gasteiger partial charge on any atom is 0.240 e. The van der Waals surface area contributed by atoms with E-state index in [9.17, 15) is 8.42 Å². The molecule has 0 amide bonds. The quantitative estimate of drug-likeness (QED) is 0.846. The van der Waals surface area contributed by atoms with E-state index in [4.69, 9.17) is 10.5 Å². The minimum absolute atomic E-state index is 0.0423. The number of hydrogen-bond donors (Lipinski definition) is 2. The Morgan fingerprint density at radius 1 is 1.33 bits per heavy atom. The first-order valence-corrected chi connectivity index (χ1v) is 8.69. The minimum atomic E-state index is -3.58. The lowest BCUT2D eigenvalue weighted by Gasteiger charge is -2.10. The zero-order chi connectivity index (χ0) is 15.5. The molecule has 2 aromatic rings. The second-order valence-electron chi connectivity index (χ2n) is 4.64. The second kappa shape index (κ2) is 6.42. The molecule has 0 bridgehead atoms. The highest BCUT2D eigenvalue weighted by Gasteiger charge is 2.14. The third kappa shape index (κ3) is 4.42. The number of nitrogens with zero attached hydrogens (tertiary/aromatic N) is 1. The largest absolute Gasteiger partial charge is 0.491 e. The summed E-state index contributed by atoms with van der Waals surface area (Å²) in [7, 11) is -3.58. The normalized spacial score (nSPS) is 11.8. The Hall–Kier alpha value is -1.64. The molecule has 0 atom stereocenters. The molecular formula is C13H17N3O3S2. The number of benzene rings is 1. The van der Waals surface area contributed by atoms with Crippen LogP contribution in [0.15, 0.2) is 34.5 Å². The van der Waals surface area contributed by atoms with Gasteiger partial charge in [0.25, 0.3) is 0 Å². The molecule has 2 rings (SSSR count). The summed E-state index contributed by atoms with van der Waals surface area (Å²) < 4.78 is 32.2. The molecule has 0 saturated heterocycles. The second-order valence-corrected chi connectivity index (χ2v) is 7.30. The summed E-state index contributed by atoms with van der Waals surface area (Å²) in [4.78, 5) is 4.19. The standard InChI is InChI=1S/C13H17N3O3S2/c1-9(2)19-11-3-5-12(6-4-11)21(17,18)15-7-10-8-20-13(14)16-10/h3-6,8-9,15H,7H2,1-2H3,(H2,14,16). The van der Waals surface area contributed by atoms with Crippen molar-refractivity contribution < 1.29 is 13.2 Å². The summed E-state index contributed by atoms with van der Waals surface area (Å²) in [6.45, 7) is 3.93. The third-order valence-corrected chi connectivity index (χ3v) is 4.66. The van der Waals surface area contributed by atoms with E-state index in [1.165, 1.54) is 23.5 Å². The molecule has 3 N–H and O–H groups in total. The van der Waals surface area contributed by atoms with E-state index in [0.29, 0.717) is 16.6 Å². The van der Waals surface area contributed by atoms with E-state index in [1.807, 2.05) is 13.8 Å². The van der Waals surface area contributed by atoms with Gasteiger partial charge < -0.3 is 10.5 Å². The van der Waals surface area contributed by atoms with Crippen LogP contribution in [0.2, 0.25) is 0 Å². The first-order chi connectivity index (χ1) is 9.87. The van der Waals surface area contributed by atoms with Crippen molar-refractivity contribution >= 4 is 26.5 Å². The predicted octanol–water partition coefficient (Wildman–Crippen LogP) is 1.99. The van der Waals surface area contributed by atoms with Crippen LogP contribution >= 0.6 is 11.3 Å². The van der Waals surface area contributed by atoms with Crippen molar-refractivity contribution in [3.63, 3.8) is 0 Å². The van der Waals surface area contributed by atoms with Crippen LogP contribution in [0, 0.1) is 0 Å². The molecule has 8 heteroatoms. The molecule has 0 fully saturated rings. The van der Waals surface area contributed by atoms with Gasteiger partial charge in [0.15, 0.2) is 5.13 Å². The molecule has 0 unspecified atom stereocenters. The highest BCUT2D eigenvalue weighted by Crippen LogP contribution is 2.17. The topological polar surface area (TPSA) is 94.3 Å². The molecule has 1 aromatic heterocycles. The molecule has 0 saturated carbocycles. The minimum Gasteiger partial charge on any atom is -0.491 e. The predicted molar refractivity (Wildman–Crippen MR) is 82.8 cm³/mol. The third-order valence-electron chi connectivity index (χ3n) is 2.52. The number of nitrogens with one attached hydrogen (secondary N) is 1. The smallest absolute Gasteiger partial charge is 0.240 e. The fourth-order valence-corrected chi connectivity index (χ4v) is 3.19. The maximum absolute atomic E-state index is 12.1. The van der Waals surface area contributed by atoms with Crippen molar-refractivity contribution in [1.29, 1.82) is 0 Å². The molecule has 0 radical (unpaired) electrons. The lowest BCUT2D eigenvalue weighted by atomic mass is 10.3. The SMILES string of the molecule is CC(C)Oc1ccc(S(=O)(=O)NCc2csc(N)n2)cc1. The van der Waals surface area contributed by atoms with Crippen LogP contribution in [0.3, 0.4) is 0 Å². The van der Waals surface area contributed by atoms with Crippen LogP contribution in [0.4, 0.5) is 5.13 Å². The Bertz CT molecular complexity index is 694. The van der Waals surface area contributed by atoms with Crippen molar-refractivity contribution in [2.75, 3.05) is 5.73 Å². The van der Waals surface area contributed by atoms with Crippen LogP contribution < -0.4 is 15.2 Å². The Labute approximate surface area is 128 Å². The fraction of sp³-hybridized carbons (Fsp3) is 0.308. The molecule has 0 aliphatic heterocycles. The van der Waals surface area contributed by atoms with Crippen molar-refractivity contribution in [1.82, 2.24) is 9.71 Å². The number of aromatic nitrogens is 1. The number of hydrogen-bond acceptors (Lipinski definition) is 6. The Kier molecular flexibility index (Phi) is 4.81. The average Bonchev–Trinajstić information content (AvgIpc) is 2.82. The van der Waals surface area contributed by atoms with Gasteiger partial charge in [-0.25, -0.2) is 18.1 Å². The number of sulfonamides is 1. The molecular weight excluding hydrogens is 310 g/mol. The van der Waals surface area contributed by atoms with Gasteiger partial charge in [0, 0.05) is 5.38 Å². The molecule has 21 heavy (non-hydrogen) atoms. The van der Waals surface area contributed by atoms with Crippen molar-refractivity contribution in [2.24, 2.45) is 0 Å². The summed E-state index contributed by atoms with van der Waals surface area (Å²) in [5.41, 5.74) is 6.10. The average molecular weight is 327 g/mol. The van der Waals surface area contributed by atoms with Gasteiger partial charge in [-0.3, -0.25) is 0 Å². The summed E-state index contributed by atoms with van der Waals surface area (Å²) in [6.07, 6.45) is 0.0423. The van der Waals surface area contributed by atoms with Crippen LogP contribution in [0.5, 0.6) is 5.75 Å². The molecule has 0 spiro atoms. The monoisotopic (exact) mass is 327 g/mol. The van der Waals surface area contributed by atoms with Gasteiger partial charge in [0.1, 0.15) is 5.75 Å². The summed E-state index contributed by atoms with van der Waals surface area (Å²) in [6, 6.07) is 6.29. The Morgan fingerprint density at radius 3 is 2.52 bits per heavy atom. The Balaban J connectivity index is 2.05. The zero-order valence-electron chi connectivity index (χ0n) is 11.7. The summed E-state index contributed by atoms with van der Waals surface area (Å²) in [5.74, 6) is 0.635. The highest BCUT2D eigenvalue weighted by atomic mass is 32.2. The van der Waals surface area contributed by atoms with Crippen molar-refractivity contribution in [3.8, 4) is 5.75 Å². The Morgan fingerprint density at radius 2 is 2.00 bits per heavy atom. The van der Waals surface area contributed by atoms with Gasteiger partial charge in [-0.2, -0.15) is 0 Å². The lowest BCUT2D eigenvalue weighted by molar-refractivity contribution is 0.242. The van der Waals surface area contributed by atoms with E-state index in [1.54, 1.807) is 17.5 Å². The molecule has 1 heterocycles. The summed E-state index contributed by atoms with van der Waals surface area (Å²) >= 11 is 1.27. The van der Waals surface area contributed by atoms with E-state index in [-0.39, 0.29) is 17.5 Å². The first-order valence-electron chi connectivity index (χ1n) is 6.33. The number of nitrogens with two attached hydrogens (primary N) is 1. The zero-order valence-corrected chi connectivity index (χ0v) is 13.4. The van der Waals surface area contributed by atoms with Crippen molar-refractivity contribution in [3.05, 3.63) is 35.3 Å². The van der Waals surface area contributed by atoms with Crippen LogP contribution in [0.25, 0.3) is 0 Å². The number of nitrogen functional groups attached to an aromatic ring is 1. The van der Waals surface area contributed by atoms with E-state index >= 15 is 0 Å². The van der Waals surface area contributed by atoms with Crippen LogP contribution in [0.1, 0.15) is 19.5 Å². The van der Waals surface area contributed by atoms with Gasteiger partial charge in [-0.05, 0) is 38.1 Å². The summed E-state index contributed by atoms with van der Waals surface area (Å²) in [5, 5.41) is 2.14. The van der Waals surface area contributed by atoms with Gasteiger partial charge >= 0.3 is 0 Å². The van der Waals surface area contributed by atoms with E-state index in [2.05, 4.69) is 9.71 Å². The van der Waals surface area contributed by atoms with Crippen LogP contribution in [-0.2, 0) is 16.6 Å². The fourth-order valence-electron chi connectivity index (χ4n) is 1.63. The molecule has 0 aliphatic rings. The highest BCUT2D eigenvalue weighted by molar-refractivity contribution is 7.89. The van der Waals surface area contributed by atoms with Gasteiger partial charge in [0.05, 0.1) is 23.2 Å². The molecule has 0 aliphatic carbocycles. The molecule has 6 nitrogen and oxygen atoms in total. The lowest BCUT2D eigenvalue weighted by Crippen LogP contribution is -2.23. The van der Waals surface area contributed by atoms with Gasteiger partial charge in [-0.15, -0.1) is 11.3 Å². The maximum atomic E-state index is 12.1. The number of anilines is 1. The van der Waals surface area contributed by atoms with Gasteiger partial charge in [-0.1, -0.05) is 0 Å². The van der Waals surface area contributed by atoms with Crippen LogP contribution in [-0.4, -0.2) is 19.5 Å². The molecule has 114 valence electrons. The number of thiazole rings is 1. The first kappa shape index (κ1) is 15.7. The number of ether oxygens (including phenoxy) is 1. The number of rotatable bonds is 6. The molecule has 1 aromatic carbocycles. The van der Waals surface area contributed by atoms with Gasteiger partial charge in [0.2, 0.25) is 10.0 Å². The van der Waals surface area contributed by atoms with E-state index in [0.717, 1.165) is 0 Å². The van der Waals surface area contributed by atoms with E-state index < -0.39 is 10.0 Å². The van der Waals surface area contributed by atoms with Crippen molar-refractivity contribution in [2.45, 2.75) is 31.4 Å².